The molecule has 0 aromatic heterocycles. The van der Waals surface area contributed by atoms with Crippen molar-refractivity contribution in [2.24, 2.45) is 9.98 Å². The number of aliphatic imine (C=N–C) groups is 2. The van der Waals surface area contributed by atoms with E-state index in [1.807, 2.05) is 14.1 Å². The van der Waals surface area contributed by atoms with Crippen molar-refractivity contribution in [2.75, 3.05) is 14.1 Å². The lowest BCUT2D eigenvalue weighted by molar-refractivity contribution is 1.29. The summed E-state index contributed by atoms with van der Waals surface area (Å²) in [6.45, 7) is 14.8. The summed E-state index contributed by atoms with van der Waals surface area (Å²) in [5.74, 6) is 0. The average Bonchev–Trinajstić information content (AvgIpc) is 2.56. The second-order valence-corrected chi connectivity index (χ2v) is 6.95. The van der Waals surface area contributed by atoms with Crippen LogP contribution >= 0.6 is 0 Å². The minimum Gasteiger partial charge on any atom is -0.286 e. The number of hydrogen-bond donors (Lipinski definition) is 0. The van der Waals surface area contributed by atoms with E-state index >= 15 is 0 Å². The van der Waals surface area contributed by atoms with Crippen LogP contribution in [0.25, 0.3) is 0 Å². The molecule has 1 aliphatic carbocycles. The fourth-order valence-electron chi connectivity index (χ4n) is 2.79. The van der Waals surface area contributed by atoms with Gasteiger partial charge < -0.3 is 0 Å². The SMILES string of the molecule is CN=C1C(/C(C)=C/C=C(C)C)=CC(C)=C(/C(C)=C/C=C(C)C)C1=NC. The molecule has 0 saturated carbocycles. The first-order valence-electron chi connectivity index (χ1n) is 8.74. The van der Waals surface area contributed by atoms with Crippen molar-refractivity contribution in [1.29, 1.82) is 0 Å². The van der Waals surface area contributed by atoms with Gasteiger partial charge in [-0.3, -0.25) is 9.98 Å². The number of rotatable bonds is 4. The second-order valence-electron chi connectivity index (χ2n) is 6.95. The van der Waals surface area contributed by atoms with E-state index in [1.165, 1.54) is 33.4 Å². The molecule has 0 heterocycles. The highest BCUT2D eigenvalue weighted by Gasteiger charge is 2.25. The highest BCUT2D eigenvalue weighted by atomic mass is 14.8. The highest BCUT2D eigenvalue weighted by molar-refractivity contribution is 6.56. The van der Waals surface area contributed by atoms with Gasteiger partial charge in [0, 0.05) is 25.2 Å². The Morgan fingerprint density at radius 1 is 0.720 bits per heavy atom. The molecule has 2 heteroatoms. The molecule has 0 aromatic rings. The molecule has 0 fully saturated rings. The Balaban J connectivity index is 3.59. The van der Waals surface area contributed by atoms with Gasteiger partial charge in [-0.05, 0) is 71.3 Å². The zero-order chi connectivity index (χ0) is 19.1. The van der Waals surface area contributed by atoms with Gasteiger partial charge >= 0.3 is 0 Å². The monoisotopic (exact) mass is 336 g/mol. The summed E-state index contributed by atoms with van der Waals surface area (Å²) in [5.41, 5.74) is 10.5. The third-order valence-corrected chi connectivity index (χ3v) is 4.07. The van der Waals surface area contributed by atoms with Gasteiger partial charge in [-0.15, -0.1) is 0 Å². The van der Waals surface area contributed by atoms with Gasteiger partial charge in [0.05, 0.1) is 11.4 Å². The molecule has 0 amide bonds. The molecular formula is C23H32N2. The first kappa shape index (κ1) is 20.8. The van der Waals surface area contributed by atoms with Crippen molar-refractivity contribution < 1.29 is 0 Å². The van der Waals surface area contributed by atoms with Crippen molar-refractivity contribution in [3.8, 4) is 0 Å². The topological polar surface area (TPSA) is 24.7 Å². The summed E-state index contributed by atoms with van der Waals surface area (Å²) in [5, 5.41) is 0. The molecule has 0 aliphatic heterocycles. The third-order valence-electron chi connectivity index (χ3n) is 4.07. The summed E-state index contributed by atoms with van der Waals surface area (Å²) >= 11 is 0. The summed E-state index contributed by atoms with van der Waals surface area (Å²) in [6.07, 6.45) is 10.8. The molecule has 0 atom stereocenters. The summed E-state index contributed by atoms with van der Waals surface area (Å²) in [4.78, 5) is 9.16. The number of hydrogen-bond acceptors (Lipinski definition) is 2. The van der Waals surface area contributed by atoms with Crippen molar-refractivity contribution in [1.82, 2.24) is 0 Å². The lowest BCUT2D eigenvalue weighted by atomic mass is 9.83. The smallest absolute Gasteiger partial charge is 0.0906 e. The van der Waals surface area contributed by atoms with Crippen LogP contribution in [-0.2, 0) is 0 Å². The largest absolute Gasteiger partial charge is 0.286 e. The molecule has 1 aliphatic rings. The zero-order valence-electron chi connectivity index (χ0n) is 17.3. The molecule has 0 unspecified atom stereocenters. The van der Waals surface area contributed by atoms with Gasteiger partial charge in [0.1, 0.15) is 0 Å². The van der Waals surface area contributed by atoms with Crippen molar-refractivity contribution in [2.45, 2.75) is 48.5 Å². The molecule has 25 heavy (non-hydrogen) atoms. The van der Waals surface area contributed by atoms with E-state index in [9.17, 15) is 0 Å². The van der Waals surface area contributed by atoms with Crippen LogP contribution in [0.1, 0.15) is 48.5 Å². The van der Waals surface area contributed by atoms with Gasteiger partial charge in [0.2, 0.25) is 0 Å². The maximum atomic E-state index is 4.59. The fourth-order valence-corrected chi connectivity index (χ4v) is 2.79. The van der Waals surface area contributed by atoms with E-state index in [2.05, 4.69) is 88.8 Å². The first-order valence-corrected chi connectivity index (χ1v) is 8.74. The Hall–Kier alpha value is -2.22. The Labute approximate surface area is 153 Å². The zero-order valence-corrected chi connectivity index (χ0v) is 17.3. The maximum Gasteiger partial charge on any atom is 0.0906 e. The molecule has 0 N–H and O–H groups in total. The van der Waals surface area contributed by atoms with Crippen LogP contribution in [0.15, 0.2) is 79.4 Å². The average molecular weight is 337 g/mol. The van der Waals surface area contributed by atoms with Crippen LogP contribution < -0.4 is 0 Å². The maximum absolute atomic E-state index is 4.59. The number of allylic oxidation sites excluding steroid dienone is 12. The van der Waals surface area contributed by atoms with Crippen molar-refractivity contribution in [3.63, 3.8) is 0 Å². The molecule has 0 saturated heterocycles. The van der Waals surface area contributed by atoms with Crippen LogP contribution in [0.2, 0.25) is 0 Å². The molecular weight excluding hydrogens is 304 g/mol. The summed E-state index contributed by atoms with van der Waals surface area (Å²) < 4.78 is 0. The Bertz CT molecular complexity index is 765. The van der Waals surface area contributed by atoms with Crippen LogP contribution in [0, 0.1) is 0 Å². The van der Waals surface area contributed by atoms with Crippen LogP contribution in [0.4, 0.5) is 0 Å². The molecule has 1 rings (SSSR count). The standard InChI is InChI=1S/C23H32N2/c1-15(2)10-12-17(5)20-14-19(7)21(18(6)13-11-16(3)4)23(25-9)22(20)24-8/h10-14H,1-9H3/b17-12+,18-13+,24-22?,25-23?. The lowest BCUT2D eigenvalue weighted by Crippen LogP contribution is -2.25. The quantitative estimate of drug-likeness (QED) is 0.431. The Kier molecular flexibility index (Phi) is 7.76. The Morgan fingerprint density at radius 2 is 1.20 bits per heavy atom. The van der Waals surface area contributed by atoms with Crippen molar-refractivity contribution in [3.05, 3.63) is 69.4 Å². The van der Waals surface area contributed by atoms with Gasteiger partial charge in [-0.2, -0.15) is 0 Å². The van der Waals surface area contributed by atoms with Gasteiger partial charge in [-0.25, -0.2) is 0 Å². The Morgan fingerprint density at radius 3 is 1.64 bits per heavy atom. The predicted molar refractivity (Wildman–Crippen MR) is 114 cm³/mol. The van der Waals surface area contributed by atoms with Crippen molar-refractivity contribution >= 4 is 11.4 Å². The highest BCUT2D eigenvalue weighted by Crippen LogP contribution is 2.29. The molecule has 0 bridgehead atoms. The molecule has 0 radical (unpaired) electrons. The molecule has 0 spiro atoms. The van der Waals surface area contributed by atoms with E-state index in [4.69, 9.17) is 0 Å². The van der Waals surface area contributed by atoms with E-state index in [0.717, 1.165) is 17.0 Å². The summed E-state index contributed by atoms with van der Waals surface area (Å²) in [6, 6.07) is 0. The molecule has 0 aromatic carbocycles. The molecule has 2 nitrogen and oxygen atoms in total. The van der Waals surface area contributed by atoms with Gasteiger partial charge in [0.25, 0.3) is 0 Å². The van der Waals surface area contributed by atoms with Crippen LogP contribution in [0.3, 0.4) is 0 Å². The second kappa shape index (κ2) is 9.31. The predicted octanol–water partition coefficient (Wildman–Crippen LogP) is 6.21. The van der Waals surface area contributed by atoms with E-state index in [-0.39, 0.29) is 0 Å². The van der Waals surface area contributed by atoms with E-state index in [0.29, 0.717) is 0 Å². The lowest BCUT2D eigenvalue weighted by Gasteiger charge is -2.23. The minimum absolute atomic E-state index is 0.962. The third kappa shape index (κ3) is 5.38. The normalized spacial score (nSPS) is 19.3. The summed E-state index contributed by atoms with van der Waals surface area (Å²) in [7, 11) is 3.69. The molecule has 134 valence electrons. The fraction of sp³-hybridized carbons (Fsp3) is 0.391. The van der Waals surface area contributed by atoms with E-state index in [1.54, 1.807) is 0 Å². The van der Waals surface area contributed by atoms with E-state index < -0.39 is 0 Å². The number of nitrogens with zero attached hydrogens (tertiary/aromatic N) is 2. The van der Waals surface area contributed by atoms with Gasteiger partial charge in [0.15, 0.2) is 0 Å². The first-order chi connectivity index (χ1) is 11.7. The van der Waals surface area contributed by atoms with Crippen LogP contribution in [-0.4, -0.2) is 25.5 Å². The van der Waals surface area contributed by atoms with Crippen LogP contribution in [0.5, 0.6) is 0 Å². The minimum atomic E-state index is 0.962. The van der Waals surface area contributed by atoms with Gasteiger partial charge in [-0.1, -0.05) is 35.5 Å².